The third kappa shape index (κ3) is 2.85. The number of nitrogens with one attached hydrogen (secondary N) is 2. The number of nitrogens with zero attached hydrogens (tertiary/aromatic N) is 1. The van der Waals surface area contributed by atoms with Crippen molar-refractivity contribution in [2.24, 2.45) is 0 Å². The lowest BCUT2D eigenvalue weighted by Gasteiger charge is -2.23. The quantitative estimate of drug-likeness (QED) is 0.510. The Labute approximate surface area is 114 Å². The van der Waals surface area contributed by atoms with Gasteiger partial charge in [-0.25, -0.2) is 9.78 Å². The molecule has 1 aromatic rings. The molecule has 8 heteroatoms. The Kier molecular flexibility index (Phi) is 3.83. The van der Waals surface area contributed by atoms with E-state index in [2.05, 4.69) is 20.4 Å². The summed E-state index contributed by atoms with van der Waals surface area (Å²) in [5.41, 5.74) is 6.12. The Morgan fingerprint density at radius 1 is 1.50 bits per heavy atom. The first-order valence-electron chi connectivity index (χ1n) is 5.96. The normalized spacial score (nSPS) is 18.4. The van der Waals surface area contributed by atoms with Crippen molar-refractivity contribution in [2.75, 3.05) is 18.2 Å². The molecule has 0 radical (unpaired) electrons. The molecule has 2 amide bonds. The second-order valence-electron chi connectivity index (χ2n) is 4.27. The molecule has 8 nitrogen and oxygen atoms in total. The van der Waals surface area contributed by atoms with E-state index in [4.69, 9.17) is 5.73 Å². The van der Waals surface area contributed by atoms with Gasteiger partial charge < -0.3 is 15.8 Å². The number of hydrogen-bond donors (Lipinski definition) is 3. The Balaban J connectivity index is 2.18. The molecule has 1 atom stereocenters. The van der Waals surface area contributed by atoms with Gasteiger partial charge in [-0.15, -0.1) is 0 Å². The van der Waals surface area contributed by atoms with E-state index in [-0.39, 0.29) is 23.8 Å². The van der Waals surface area contributed by atoms with Gasteiger partial charge in [-0.2, -0.15) is 0 Å². The van der Waals surface area contributed by atoms with Crippen molar-refractivity contribution in [1.82, 2.24) is 10.3 Å². The summed E-state index contributed by atoms with van der Waals surface area (Å²) in [6.45, 7) is 0. The van der Waals surface area contributed by atoms with Crippen LogP contribution in [-0.4, -0.2) is 35.9 Å². The number of carbonyl (C=O) groups is 3. The van der Waals surface area contributed by atoms with Crippen molar-refractivity contribution in [3.05, 3.63) is 17.8 Å². The number of carbonyl (C=O) groups excluding carboxylic acids is 3. The molecule has 0 saturated carbocycles. The molecule has 4 N–H and O–H groups in total. The van der Waals surface area contributed by atoms with E-state index in [1.807, 2.05) is 0 Å². The maximum Gasteiger partial charge on any atom is 0.356 e. The number of anilines is 2. The van der Waals surface area contributed by atoms with E-state index in [0.29, 0.717) is 12.1 Å². The van der Waals surface area contributed by atoms with Gasteiger partial charge in [-0.05, 0) is 18.6 Å². The van der Waals surface area contributed by atoms with Gasteiger partial charge in [-0.1, -0.05) is 0 Å². The third-order valence-electron chi connectivity index (χ3n) is 2.87. The monoisotopic (exact) mass is 278 g/mol. The van der Waals surface area contributed by atoms with Gasteiger partial charge in [0.2, 0.25) is 11.8 Å². The van der Waals surface area contributed by atoms with E-state index >= 15 is 0 Å². The Bertz CT molecular complexity index is 573. The predicted octanol–water partition coefficient (Wildman–Crippen LogP) is -0.333. The summed E-state index contributed by atoms with van der Waals surface area (Å²) in [6.07, 6.45) is 0.578. The van der Waals surface area contributed by atoms with Gasteiger partial charge >= 0.3 is 5.97 Å². The third-order valence-corrected chi connectivity index (χ3v) is 2.87. The number of methoxy groups -OCH3 is 1. The number of piperidine rings is 1. The van der Waals surface area contributed by atoms with Crippen LogP contribution in [0.2, 0.25) is 0 Å². The lowest BCUT2D eigenvalue weighted by atomic mass is 10.1. The average Bonchev–Trinajstić information content (AvgIpc) is 2.43. The van der Waals surface area contributed by atoms with Crippen molar-refractivity contribution in [3.8, 4) is 0 Å². The van der Waals surface area contributed by atoms with Crippen LogP contribution >= 0.6 is 0 Å². The van der Waals surface area contributed by atoms with E-state index in [1.54, 1.807) is 0 Å². The average molecular weight is 278 g/mol. The SMILES string of the molecule is COC(=O)c1ccc(N)c(NC2CCC(=O)NC2=O)n1. The fourth-order valence-electron chi connectivity index (χ4n) is 1.80. The first-order valence-corrected chi connectivity index (χ1v) is 5.96. The van der Waals surface area contributed by atoms with Crippen LogP contribution in [0.3, 0.4) is 0 Å². The first-order chi connectivity index (χ1) is 9.51. The predicted molar refractivity (Wildman–Crippen MR) is 69.8 cm³/mol. The zero-order valence-electron chi connectivity index (χ0n) is 10.8. The van der Waals surface area contributed by atoms with Crippen LogP contribution in [0, 0.1) is 0 Å². The van der Waals surface area contributed by atoms with Gasteiger partial charge in [0.05, 0.1) is 12.8 Å². The number of pyridine rings is 1. The molecule has 1 saturated heterocycles. The maximum atomic E-state index is 11.6. The van der Waals surface area contributed by atoms with Gasteiger partial charge in [0.1, 0.15) is 6.04 Å². The van der Waals surface area contributed by atoms with E-state index in [0.717, 1.165) is 0 Å². The van der Waals surface area contributed by atoms with Gasteiger partial charge in [0, 0.05) is 6.42 Å². The highest BCUT2D eigenvalue weighted by Gasteiger charge is 2.27. The van der Waals surface area contributed by atoms with E-state index in [9.17, 15) is 14.4 Å². The Hall–Kier alpha value is -2.64. The van der Waals surface area contributed by atoms with E-state index in [1.165, 1.54) is 19.2 Å². The fraction of sp³-hybridized carbons (Fsp3) is 0.333. The van der Waals surface area contributed by atoms with Crippen LogP contribution in [-0.2, 0) is 14.3 Å². The van der Waals surface area contributed by atoms with Crippen molar-refractivity contribution in [3.63, 3.8) is 0 Å². The summed E-state index contributed by atoms with van der Waals surface area (Å²) in [6, 6.07) is 2.31. The first kappa shape index (κ1) is 13.8. The summed E-state index contributed by atoms with van der Waals surface area (Å²) in [5.74, 6) is -1.14. The number of nitrogen functional groups attached to an aromatic ring is 1. The summed E-state index contributed by atoms with van der Waals surface area (Å²) < 4.78 is 4.56. The highest BCUT2D eigenvalue weighted by atomic mass is 16.5. The molecule has 0 spiro atoms. The Morgan fingerprint density at radius 3 is 2.90 bits per heavy atom. The number of aromatic nitrogens is 1. The molecular weight excluding hydrogens is 264 g/mol. The van der Waals surface area contributed by atoms with E-state index < -0.39 is 17.9 Å². The zero-order valence-corrected chi connectivity index (χ0v) is 10.8. The summed E-state index contributed by atoms with van der Waals surface area (Å²) in [4.78, 5) is 38.1. The molecule has 1 unspecified atom stereocenters. The number of imide groups is 1. The standard InChI is InChI=1S/C12H14N4O4/c1-20-12(19)8-3-2-6(13)10(15-8)14-7-4-5-9(17)16-11(7)18/h2-3,7H,4-5,13H2,1H3,(H,14,15)(H,16,17,18). The van der Waals surface area contributed by atoms with Crippen LogP contribution in [0.4, 0.5) is 11.5 Å². The summed E-state index contributed by atoms with van der Waals surface area (Å²) >= 11 is 0. The van der Waals surface area contributed by atoms with Gasteiger partial charge in [0.15, 0.2) is 11.5 Å². The number of esters is 1. The van der Waals surface area contributed by atoms with Crippen LogP contribution in [0.15, 0.2) is 12.1 Å². The Morgan fingerprint density at radius 2 is 2.25 bits per heavy atom. The minimum atomic E-state index is -0.615. The molecule has 2 heterocycles. The smallest absolute Gasteiger partial charge is 0.356 e. The van der Waals surface area contributed by atoms with Gasteiger partial charge in [-0.3, -0.25) is 14.9 Å². The number of ether oxygens (including phenoxy) is 1. The number of amides is 2. The van der Waals surface area contributed by atoms with Crippen molar-refractivity contribution >= 4 is 29.3 Å². The molecule has 1 fully saturated rings. The molecule has 1 aliphatic heterocycles. The number of rotatable bonds is 3. The fourth-order valence-corrected chi connectivity index (χ4v) is 1.80. The molecule has 2 rings (SSSR count). The lowest BCUT2D eigenvalue weighted by molar-refractivity contribution is -0.133. The second-order valence-corrected chi connectivity index (χ2v) is 4.27. The van der Waals surface area contributed by atoms with Crippen LogP contribution in [0.25, 0.3) is 0 Å². The van der Waals surface area contributed by atoms with Crippen LogP contribution in [0.5, 0.6) is 0 Å². The molecule has 0 aliphatic carbocycles. The highest BCUT2D eigenvalue weighted by molar-refractivity contribution is 6.01. The minimum Gasteiger partial charge on any atom is -0.464 e. The molecule has 0 aromatic carbocycles. The second kappa shape index (κ2) is 5.55. The lowest BCUT2D eigenvalue weighted by Crippen LogP contribution is -2.47. The molecular formula is C12H14N4O4. The topological polar surface area (TPSA) is 123 Å². The highest BCUT2D eigenvalue weighted by Crippen LogP contribution is 2.19. The van der Waals surface area contributed by atoms with Crippen LogP contribution in [0.1, 0.15) is 23.3 Å². The van der Waals surface area contributed by atoms with Crippen molar-refractivity contribution < 1.29 is 19.1 Å². The largest absolute Gasteiger partial charge is 0.464 e. The summed E-state index contributed by atoms with van der Waals surface area (Å²) in [7, 11) is 1.24. The van der Waals surface area contributed by atoms with Gasteiger partial charge in [0.25, 0.3) is 0 Å². The van der Waals surface area contributed by atoms with Crippen molar-refractivity contribution in [1.29, 1.82) is 0 Å². The molecule has 0 bridgehead atoms. The van der Waals surface area contributed by atoms with Crippen LogP contribution < -0.4 is 16.4 Å². The zero-order chi connectivity index (χ0) is 14.7. The molecule has 106 valence electrons. The maximum absolute atomic E-state index is 11.6. The minimum absolute atomic E-state index is 0.0801. The molecule has 20 heavy (non-hydrogen) atoms. The summed E-state index contributed by atoms with van der Waals surface area (Å²) in [5, 5.41) is 5.05. The number of hydrogen-bond acceptors (Lipinski definition) is 7. The van der Waals surface area contributed by atoms with Crippen molar-refractivity contribution in [2.45, 2.75) is 18.9 Å². The molecule has 1 aromatic heterocycles. The number of nitrogens with two attached hydrogens (primary N) is 1. The molecule has 1 aliphatic rings.